The Hall–Kier alpha value is -3.28. The number of phenols is 1. The van der Waals surface area contributed by atoms with Gasteiger partial charge in [0.25, 0.3) is 11.7 Å². The van der Waals surface area contributed by atoms with Crippen LogP contribution < -0.4 is 4.74 Å². The highest BCUT2D eigenvalue weighted by Gasteiger charge is 2.45. The molecule has 1 saturated heterocycles. The number of likely N-dealkylation sites (tertiary alicyclic amines) is 1. The van der Waals surface area contributed by atoms with Gasteiger partial charge in [0.2, 0.25) is 0 Å². The largest absolute Gasteiger partial charge is 0.508 e. The number of aliphatic hydroxyl groups is 1. The van der Waals surface area contributed by atoms with Crippen molar-refractivity contribution in [1.82, 2.24) is 4.90 Å². The maximum absolute atomic E-state index is 13.0. The number of phenolic OH excluding ortho intramolecular Hbond substituents is 1. The summed E-state index contributed by atoms with van der Waals surface area (Å²) in [6, 6.07) is 11.1. The van der Waals surface area contributed by atoms with Gasteiger partial charge in [-0.1, -0.05) is 25.5 Å². The van der Waals surface area contributed by atoms with Gasteiger partial charge in [-0.3, -0.25) is 9.59 Å². The molecule has 1 fully saturated rings. The molecule has 30 heavy (non-hydrogen) atoms. The standard InChI is InChI=1S/C24H25NO5/c1-2-3-11-25-21(16-6-4-8-18(26)14-16)20(23(28)24(25)29)22(27)17-9-10-19-15(13-17)7-5-12-30-19/h4,6,8-10,13-14,21,26-27H,2-3,5,7,11-12H2,1H3/b22-20-. The number of Topliss-reactive ketones (excluding diaryl/α,β-unsaturated/α-hetero) is 1. The Kier molecular flexibility index (Phi) is 5.48. The van der Waals surface area contributed by atoms with E-state index in [1.807, 2.05) is 13.0 Å². The van der Waals surface area contributed by atoms with Crippen molar-refractivity contribution in [3.8, 4) is 11.5 Å². The SMILES string of the molecule is CCCCN1C(=O)C(=O)/C(=C(\O)c2ccc3c(c2)CCCO3)C1c1cccc(O)c1. The third kappa shape index (κ3) is 3.54. The predicted octanol–water partition coefficient (Wildman–Crippen LogP) is 3.94. The van der Waals surface area contributed by atoms with Crippen LogP contribution >= 0.6 is 0 Å². The van der Waals surface area contributed by atoms with E-state index in [0.29, 0.717) is 24.3 Å². The van der Waals surface area contributed by atoms with E-state index in [1.165, 1.54) is 17.0 Å². The van der Waals surface area contributed by atoms with E-state index in [2.05, 4.69) is 0 Å². The molecule has 2 aliphatic heterocycles. The van der Waals surface area contributed by atoms with Crippen LogP contribution in [0.1, 0.15) is 48.9 Å². The lowest BCUT2D eigenvalue weighted by molar-refractivity contribution is -0.139. The number of ketones is 1. The Morgan fingerprint density at radius 3 is 2.80 bits per heavy atom. The summed E-state index contributed by atoms with van der Waals surface area (Å²) < 4.78 is 5.63. The van der Waals surface area contributed by atoms with Crippen LogP contribution in [0.25, 0.3) is 5.76 Å². The van der Waals surface area contributed by atoms with E-state index >= 15 is 0 Å². The van der Waals surface area contributed by atoms with E-state index in [0.717, 1.165) is 37.0 Å². The minimum absolute atomic E-state index is 0.0412. The van der Waals surface area contributed by atoms with E-state index in [4.69, 9.17) is 4.74 Å². The van der Waals surface area contributed by atoms with Crippen molar-refractivity contribution in [1.29, 1.82) is 0 Å². The first-order valence-corrected chi connectivity index (χ1v) is 10.3. The quantitative estimate of drug-likeness (QED) is 0.445. The number of carbonyl (C=O) groups excluding carboxylic acids is 2. The number of aliphatic hydroxyl groups excluding tert-OH is 1. The fraction of sp³-hybridized carbons (Fsp3) is 0.333. The van der Waals surface area contributed by atoms with Crippen molar-refractivity contribution in [3.05, 3.63) is 64.7 Å². The number of unbranched alkanes of at least 4 members (excludes halogenated alkanes) is 1. The van der Waals surface area contributed by atoms with Gasteiger partial charge in [-0.05, 0) is 60.7 Å². The molecular weight excluding hydrogens is 382 g/mol. The van der Waals surface area contributed by atoms with Crippen LogP contribution in [0.2, 0.25) is 0 Å². The van der Waals surface area contributed by atoms with Gasteiger partial charge >= 0.3 is 0 Å². The average molecular weight is 407 g/mol. The molecule has 6 heteroatoms. The third-order valence-corrected chi connectivity index (χ3v) is 5.66. The molecule has 2 aromatic carbocycles. The van der Waals surface area contributed by atoms with Gasteiger partial charge in [-0.25, -0.2) is 0 Å². The third-order valence-electron chi connectivity index (χ3n) is 5.66. The zero-order chi connectivity index (χ0) is 21.3. The Morgan fingerprint density at radius 1 is 1.20 bits per heavy atom. The van der Waals surface area contributed by atoms with Crippen LogP contribution in [-0.2, 0) is 16.0 Å². The number of nitrogens with zero attached hydrogens (tertiary/aromatic N) is 1. The molecule has 0 radical (unpaired) electrons. The van der Waals surface area contributed by atoms with Gasteiger partial charge in [-0.2, -0.15) is 0 Å². The first-order valence-electron chi connectivity index (χ1n) is 10.3. The maximum Gasteiger partial charge on any atom is 0.295 e. The second kappa shape index (κ2) is 8.22. The summed E-state index contributed by atoms with van der Waals surface area (Å²) in [5, 5.41) is 21.1. The Bertz CT molecular complexity index is 1030. The van der Waals surface area contributed by atoms with Crippen LogP contribution in [0.4, 0.5) is 0 Å². The summed E-state index contributed by atoms with van der Waals surface area (Å²) in [5.74, 6) is -0.704. The molecule has 2 heterocycles. The van der Waals surface area contributed by atoms with E-state index in [-0.39, 0.29) is 17.1 Å². The van der Waals surface area contributed by atoms with Crippen molar-refractivity contribution in [3.63, 3.8) is 0 Å². The fourth-order valence-corrected chi connectivity index (χ4v) is 4.14. The first-order chi connectivity index (χ1) is 14.5. The lowest BCUT2D eigenvalue weighted by atomic mass is 9.94. The highest BCUT2D eigenvalue weighted by Crippen LogP contribution is 2.41. The number of hydrogen-bond donors (Lipinski definition) is 2. The minimum atomic E-state index is -0.740. The summed E-state index contributed by atoms with van der Waals surface area (Å²) >= 11 is 0. The van der Waals surface area contributed by atoms with E-state index < -0.39 is 17.7 Å². The molecule has 0 aliphatic carbocycles. The molecular formula is C24H25NO5. The van der Waals surface area contributed by atoms with Crippen LogP contribution in [0.15, 0.2) is 48.0 Å². The second-order valence-corrected chi connectivity index (χ2v) is 7.72. The molecule has 4 rings (SSSR count). The van der Waals surface area contributed by atoms with Gasteiger partial charge in [0.15, 0.2) is 0 Å². The van der Waals surface area contributed by atoms with E-state index in [1.54, 1.807) is 24.3 Å². The number of fused-ring (bicyclic) bond motifs is 1. The number of ether oxygens (including phenoxy) is 1. The average Bonchev–Trinajstić information content (AvgIpc) is 3.01. The van der Waals surface area contributed by atoms with Crippen molar-refractivity contribution in [2.24, 2.45) is 0 Å². The molecule has 6 nitrogen and oxygen atoms in total. The highest BCUT2D eigenvalue weighted by molar-refractivity contribution is 6.46. The van der Waals surface area contributed by atoms with Gasteiger partial charge in [0, 0.05) is 12.1 Å². The van der Waals surface area contributed by atoms with E-state index in [9.17, 15) is 19.8 Å². The molecule has 0 saturated carbocycles. The van der Waals surface area contributed by atoms with Gasteiger partial charge < -0.3 is 19.8 Å². The number of carbonyl (C=O) groups is 2. The smallest absolute Gasteiger partial charge is 0.295 e. The molecule has 2 N–H and O–H groups in total. The molecule has 0 aromatic heterocycles. The molecule has 2 aromatic rings. The molecule has 1 unspecified atom stereocenters. The Morgan fingerprint density at radius 2 is 2.03 bits per heavy atom. The molecule has 0 bridgehead atoms. The Labute approximate surface area is 175 Å². The van der Waals surface area contributed by atoms with Crippen molar-refractivity contribution in [2.75, 3.05) is 13.2 Å². The second-order valence-electron chi connectivity index (χ2n) is 7.72. The molecule has 156 valence electrons. The lowest BCUT2D eigenvalue weighted by Crippen LogP contribution is -2.30. The minimum Gasteiger partial charge on any atom is -0.508 e. The van der Waals surface area contributed by atoms with Crippen LogP contribution in [0.5, 0.6) is 11.5 Å². The number of amides is 1. The monoisotopic (exact) mass is 407 g/mol. The van der Waals surface area contributed by atoms with Crippen molar-refractivity contribution < 1.29 is 24.5 Å². The van der Waals surface area contributed by atoms with Crippen LogP contribution in [0, 0.1) is 0 Å². The van der Waals surface area contributed by atoms with Crippen molar-refractivity contribution >= 4 is 17.4 Å². The molecule has 2 aliphatic rings. The summed E-state index contributed by atoms with van der Waals surface area (Å²) in [7, 11) is 0. The fourth-order valence-electron chi connectivity index (χ4n) is 4.14. The number of aryl methyl sites for hydroxylation is 1. The number of benzene rings is 2. The number of aromatic hydroxyl groups is 1. The molecule has 0 spiro atoms. The zero-order valence-corrected chi connectivity index (χ0v) is 16.9. The first kappa shape index (κ1) is 20.0. The van der Waals surface area contributed by atoms with Crippen LogP contribution in [-0.4, -0.2) is 40.0 Å². The van der Waals surface area contributed by atoms with Gasteiger partial charge in [0.05, 0.1) is 18.2 Å². The van der Waals surface area contributed by atoms with Gasteiger partial charge in [0.1, 0.15) is 17.3 Å². The number of rotatable bonds is 5. The summed E-state index contributed by atoms with van der Waals surface area (Å²) in [5.41, 5.74) is 2.10. The summed E-state index contributed by atoms with van der Waals surface area (Å²) in [4.78, 5) is 27.3. The van der Waals surface area contributed by atoms with Crippen LogP contribution in [0.3, 0.4) is 0 Å². The number of hydrogen-bond acceptors (Lipinski definition) is 5. The van der Waals surface area contributed by atoms with Crippen molar-refractivity contribution in [2.45, 2.75) is 38.6 Å². The van der Waals surface area contributed by atoms with Gasteiger partial charge in [-0.15, -0.1) is 0 Å². The lowest BCUT2D eigenvalue weighted by Gasteiger charge is -2.25. The molecule has 1 atom stereocenters. The summed E-state index contributed by atoms with van der Waals surface area (Å²) in [6.45, 7) is 3.07. The zero-order valence-electron chi connectivity index (χ0n) is 16.9. The summed E-state index contributed by atoms with van der Waals surface area (Å²) in [6.07, 6.45) is 3.32. The Balaban J connectivity index is 1.84. The maximum atomic E-state index is 13.0. The normalized spacial score (nSPS) is 20.2. The predicted molar refractivity (Wildman–Crippen MR) is 112 cm³/mol. The highest BCUT2D eigenvalue weighted by atomic mass is 16.5. The topological polar surface area (TPSA) is 87.1 Å². The molecule has 1 amide bonds.